The molecule has 0 spiro atoms. The number of hydrogen-bond acceptors (Lipinski definition) is 9. The molecule has 192 valence electrons. The van der Waals surface area contributed by atoms with Crippen molar-refractivity contribution in [1.29, 1.82) is 0 Å². The van der Waals surface area contributed by atoms with Crippen molar-refractivity contribution in [2.24, 2.45) is 5.92 Å². The lowest BCUT2D eigenvalue weighted by molar-refractivity contribution is 0.324. The van der Waals surface area contributed by atoms with E-state index < -0.39 is 15.7 Å². The number of halogens is 1. The summed E-state index contributed by atoms with van der Waals surface area (Å²) in [6, 6.07) is 10.2. The van der Waals surface area contributed by atoms with Gasteiger partial charge in [-0.05, 0) is 30.0 Å². The van der Waals surface area contributed by atoms with Gasteiger partial charge in [0, 0.05) is 23.5 Å². The maximum atomic E-state index is 14.4. The molecule has 0 unspecified atom stereocenters. The van der Waals surface area contributed by atoms with E-state index in [1.165, 1.54) is 21.3 Å². The van der Waals surface area contributed by atoms with Crippen LogP contribution in [0.15, 0.2) is 42.6 Å². The summed E-state index contributed by atoms with van der Waals surface area (Å²) in [6.07, 6.45) is 4.06. The van der Waals surface area contributed by atoms with Gasteiger partial charge in [0.15, 0.2) is 33.0 Å². The molecule has 1 saturated carbocycles. The van der Waals surface area contributed by atoms with Gasteiger partial charge in [0.2, 0.25) is 11.7 Å². The first-order chi connectivity index (χ1) is 17.3. The lowest BCUT2D eigenvalue weighted by Gasteiger charge is -2.15. The van der Waals surface area contributed by atoms with E-state index in [4.69, 9.17) is 14.2 Å². The molecule has 1 aliphatic carbocycles. The first kappa shape index (κ1) is 25.5. The molecule has 0 aliphatic heterocycles. The highest BCUT2D eigenvalue weighted by molar-refractivity contribution is 7.90. The van der Waals surface area contributed by atoms with E-state index >= 15 is 0 Å². The van der Waals surface area contributed by atoms with Crippen molar-refractivity contribution in [3.8, 4) is 17.2 Å². The number of ether oxygens (including phenoxy) is 3. The number of nitrogens with one attached hydrogen (secondary N) is 2. The predicted octanol–water partition coefficient (Wildman–Crippen LogP) is 4.84. The molecule has 9 nitrogen and oxygen atoms in total. The van der Waals surface area contributed by atoms with Crippen LogP contribution in [0.25, 0.3) is 0 Å². The van der Waals surface area contributed by atoms with E-state index in [-0.39, 0.29) is 23.3 Å². The Bertz CT molecular complexity index is 1290. The second-order valence-electron chi connectivity index (χ2n) is 8.58. The van der Waals surface area contributed by atoms with Gasteiger partial charge in [-0.25, -0.2) is 17.8 Å². The largest absolute Gasteiger partial charge is 0.493 e. The fraction of sp³-hybridized carbons (Fsp3) is 0.360. The van der Waals surface area contributed by atoms with Gasteiger partial charge >= 0.3 is 0 Å². The molecule has 1 heterocycles. The molecule has 2 aromatic carbocycles. The summed E-state index contributed by atoms with van der Waals surface area (Å²) >= 11 is 0. The van der Waals surface area contributed by atoms with Crippen LogP contribution in [0.4, 0.5) is 27.5 Å². The molecule has 3 aromatic rings. The van der Waals surface area contributed by atoms with E-state index in [1.807, 2.05) is 0 Å². The van der Waals surface area contributed by atoms with E-state index in [9.17, 15) is 12.8 Å². The Morgan fingerprint density at radius 3 is 2.22 bits per heavy atom. The summed E-state index contributed by atoms with van der Waals surface area (Å²) < 4.78 is 55.1. The Morgan fingerprint density at radius 1 is 0.972 bits per heavy atom. The number of benzene rings is 2. The third-order valence-corrected chi connectivity index (χ3v) is 7.43. The summed E-state index contributed by atoms with van der Waals surface area (Å²) in [5, 5.41) is 5.92. The monoisotopic (exact) mass is 516 g/mol. The van der Waals surface area contributed by atoms with Crippen LogP contribution in [0, 0.1) is 11.7 Å². The number of sulfone groups is 1. The predicted molar refractivity (Wildman–Crippen MR) is 136 cm³/mol. The number of nitrogens with zero attached hydrogens (tertiary/aromatic N) is 2. The SMILES string of the molecule is COc1cc(Nc2ncc(F)c(Nc3ccc(CS(=O)(=O)CCC4CC4)cc3)n2)cc(OC)c1OC. The number of aromatic nitrogens is 2. The minimum absolute atomic E-state index is 0.00920. The summed E-state index contributed by atoms with van der Waals surface area (Å²) in [5.41, 5.74) is 1.80. The molecule has 0 radical (unpaired) electrons. The van der Waals surface area contributed by atoms with Crippen molar-refractivity contribution in [2.75, 3.05) is 37.7 Å². The van der Waals surface area contributed by atoms with Crippen LogP contribution in [0.5, 0.6) is 17.2 Å². The smallest absolute Gasteiger partial charge is 0.229 e. The third-order valence-electron chi connectivity index (χ3n) is 5.80. The highest BCUT2D eigenvalue weighted by Gasteiger charge is 2.24. The zero-order valence-electron chi connectivity index (χ0n) is 20.4. The number of methoxy groups -OCH3 is 3. The van der Waals surface area contributed by atoms with Gasteiger partial charge in [-0.15, -0.1) is 0 Å². The Hall–Kier alpha value is -3.60. The maximum Gasteiger partial charge on any atom is 0.229 e. The molecular formula is C25H29FN4O5S. The minimum Gasteiger partial charge on any atom is -0.493 e. The van der Waals surface area contributed by atoms with Crippen LogP contribution in [0.2, 0.25) is 0 Å². The van der Waals surface area contributed by atoms with Gasteiger partial charge in [-0.2, -0.15) is 4.98 Å². The van der Waals surface area contributed by atoms with Gasteiger partial charge in [0.25, 0.3) is 0 Å². The number of hydrogen-bond donors (Lipinski definition) is 2. The molecule has 11 heteroatoms. The topological polar surface area (TPSA) is 112 Å². The van der Waals surface area contributed by atoms with Crippen LogP contribution < -0.4 is 24.8 Å². The van der Waals surface area contributed by atoms with Gasteiger partial charge in [0.1, 0.15) is 0 Å². The van der Waals surface area contributed by atoms with Crippen LogP contribution in [0.3, 0.4) is 0 Å². The minimum atomic E-state index is -3.15. The van der Waals surface area contributed by atoms with Gasteiger partial charge in [-0.1, -0.05) is 25.0 Å². The molecule has 0 bridgehead atoms. The van der Waals surface area contributed by atoms with Crippen molar-refractivity contribution in [1.82, 2.24) is 9.97 Å². The van der Waals surface area contributed by atoms with Crippen molar-refractivity contribution in [2.45, 2.75) is 25.0 Å². The Labute approximate surface area is 209 Å². The number of anilines is 4. The van der Waals surface area contributed by atoms with Crippen molar-refractivity contribution < 1.29 is 27.0 Å². The van der Waals surface area contributed by atoms with E-state index in [1.54, 1.807) is 36.4 Å². The quantitative estimate of drug-likeness (QED) is 0.349. The van der Waals surface area contributed by atoms with Crippen molar-refractivity contribution >= 4 is 33.0 Å². The van der Waals surface area contributed by atoms with Crippen LogP contribution >= 0.6 is 0 Å². The van der Waals surface area contributed by atoms with Crippen molar-refractivity contribution in [3.05, 3.63) is 54.0 Å². The second-order valence-corrected chi connectivity index (χ2v) is 10.8. The van der Waals surface area contributed by atoms with Crippen LogP contribution in [-0.4, -0.2) is 45.5 Å². The molecule has 2 N–H and O–H groups in total. The molecule has 1 fully saturated rings. The van der Waals surface area contributed by atoms with Crippen molar-refractivity contribution in [3.63, 3.8) is 0 Å². The fourth-order valence-electron chi connectivity index (χ4n) is 3.70. The molecule has 0 saturated heterocycles. The zero-order chi connectivity index (χ0) is 25.7. The Kier molecular flexibility index (Phi) is 7.78. The second kappa shape index (κ2) is 11.0. The van der Waals surface area contributed by atoms with E-state index in [0.29, 0.717) is 40.1 Å². The average molecular weight is 517 g/mol. The summed E-state index contributed by atoms with van der Waals surface area (Å²) in [7, 11) is 1.37. The standard InChI is InChI=1S/C25H29FN4O5S/c1-33-21-12-19(13-22(34-2)23(21)35-3)29-25-27-14-20(26)24(30-25)28-18-8-6-17(7-9-18)15-36(31,32)11-10-16-4-5-16/h6-9,12-14,16H,4-5,10-11,15H2,1-3H3,(H2,27,28,29,30). The Balaban J connectivity index is 1.45. The first-order valence-corrected chi connectivity index (χ1v) is 13.3. The molecule has 1 aromatic heterocycles. The van der Waals surface area contributed by atoms with Crippen LogP contribution in [0.1, 0.15) is 24.8 Å². The van der Waals surface area contributed by atoms with E-state index in [0.717, 1.165) is 25.5 Å². The lowest BCUT2D eigenvalue weighted by atomic mass is 10.2. The third kappa shape index (κ3) is 6.54. The highest BCUT2D eigenvalue weighted by atomic mass is 32.2. The summed E-state index contributed by atoms with van der Waals surface area (Å²) in [6.45, 7) is 0. The normalized spacial score (nSPS) is 13.2. The van der Waals surface area contributed by atoms with Gasteiger partial charge in [0.05, 0.1) is 39.0 Å². The lowest BCUT2D eigenvalue weighted by Crippen LogP contribution is -2.10. The molecule has 4 rings (SSSR count). The highest BCUT2D eigenvalue weighted by Crippen LogP contribution is 2.40. The van der Waals surface area contributed by atoms with Gasteiger partial charge < -0.3 is 24.8 Å². The Morgan fingerprint density at radius 2 is 1.64 bits per heavy atom. The number of rotatable bonds is 12. The molecular weight excluding hydrogens is 487 g/mol. The fourth-order valence-corrected chi connectivity index (χ4v) is 5.23. The average Bonchev–Trinajstić information content (AvgIpc) is 3.70. The first-order valence-electron chi connectivity index (χ1n) is 11.5. The molecule has 1 aliphatic rings. The summed E-state index contributed by atoms with van der Waals surface area (Å²) in [5.74, 6) is 1.56. The maximum absolute atomic E-state index is 14.4. The summed E-state index contributed by atoms with van der Waals surface area (Å²) in [4.78, 5) is 8.23. The van der Waals surface area contributed by atoms with E-state index in [2.05, 4.69) is 20.6 Å². The van der Waals surface area contributed by atoms with Crippen LogP contribution in [-0.2, 0) is 15.6 Å². The molecule has 0 atom stereocenters. The molecule has 0 amide bonds. The molecule has 36 heavy (non-hydrogen) atoms. The van der Waals surface area contributed by atoms with Gasteiger partial charge in [-0.3, -0.25) is 0 Å². The zero-order valence-corrected chi connectivity index (χ0v) is 21.2.